The van der Waals surface area contributed by atoms with Gasteiger partial charge in [-0.05, 0) is 25.3 Å². The minimum Gasteiger partial charge on any atom is -0.469 e. The first kappa shape index (κ1) is 14.5. The normalized spacial score (nSPS) is 33.1. The SMILES string of the molecule is COC(=O)CC1C2CC(CC2O)N1[C@@H](C)c1ccccc1. The maximum absolute atomic E-state index is 11.7. The van der Waals surface area contributed by atoms with Crippen LogP contribution >= 0.6 is 0 Å². The van der Waals surface area contributed by atoms with Gasteiger partial charge in [0, 0.05) is 24.0 Å². The highest BCUT2D eigenvalue weighted by atomic mass is 16.5. The third-order valence-corrected chi connectivity index (χ3v) is 5.18. The molecular weight excluding hydrogens is 266 g/mol. The molecule has 0 radical (unpaired) electrons. The predicted molar refractivity (Wildman–Crippen MR) is 79.6 cm³/mol. The summed E-state index contributed by atoms with van der Waals surface area (Å²) in [5.74, 6) is 0.00488. The van der Waals surface area contributed by atoms with E-state index >= 15 is 0 Å². The Morgan fingerprint density at radius 3 is 2.76 bits per heavy atom. The fraction of sp³-hybridized carbons (Fsp3) is 0.588. The Bertz CT molecular complexity index is 504. The molecule has 1 aromatic carbocycles. The van der Waals surface area contributed by atoms with Crippen LogP contribution in [0.15, 0.2) is 30.3 Å². The largest absolute Gasteiger partial charge is 0.469 e. The van der Waals surface area contributed by atoms with Gasteiger partial charge in [-0.1, -0.05) is 30.3 Å². The Labute approximate surface area is 125 Å². The van der Waals surface area contributed by atoms with E-state index in [0.29, 0.717) is 12.5 Å². The number of aliphatic hydroxyl groups excluding tert-OH is 1. The molecule has 4 unspecified atom stereocenters. The summed E-state index contributed by atoms with van der Waals surface area (Å²) in [7, 11) is 1.43. The average molecular weight is 289 g/mol. The number of carbonyl (C=O) groups excluding carboxylic acids is 1. The molecule has 1 aliphatic heterocycles. The van der Waals surface area contributed by atoms with Crippen molar-refractivity contribution in [2.45, 2.75) is 50.4 Å². The summed E-state index contributed by atoms with van der Waals surface area (Å²) in [5, 5.41) is 10.2. The summed E-state index contributed by atoms with van der Waals surface area (Å²) >= 11 is 0. The molecule has 0 aromatic heterocycles. The smallest absolute Gasteiger partial charge is 0.307 e. The van der Waals surface area contributed by atoms with Gasteiger partial charge in [-0.2, -0.15) is 0 Å². The molecule has 4 nitrogen and oxygen atoms in total. The van der Waals surface area contributed by atoms with Crippen molar-refractivity contribution in [1.29, 1.82) is 0 Å². The molecule has 1 N–H and O–H groups in total. The number of methoxy groups -OCH3 is 1. The van der Waals surface area contributed by atoms with Crippen molar-refractivity contribution in [1.82, 2.24) is 4.90 Å². The zero-order valence-electron chi connectivity index (χ0n) is 12.6. The van der Waals surface area contributed by atoms with Crippen molar-refractivity contribution < 1.29 is 14.6 Å². The van der Waals surface area contributed by atoms with Gasteiger partial charge >= 0.3 is 5.97 Å². The molecule has 21 heavy (non-hydrogen) atoms. The van der Waals surface area contributed by atoms with Gasteiger partial charge in [0.15, 0.2) is 0 Å². The number of carbonyl (C=O) groups is 1. The zero-order chi connectivity index (χ0) is 15.0. The van der Waals surface area contributed by atoms with Gasteiger partial charge in [0.1, 0.15) is 0 Å². The molecular formula is C17H23NO3. The van der Waals surface area contributed by atoms with Crippen molar-refractivity contribution in [3.05, 3.63) is 35.9 Å². The summed E-state index contributed by atoms with van der Waals surface area (Å²) in [4.78, 5) is 14.1. The highest BCUT2D eigenvalue weighted by Crippen LogP contribution is 2.47. The van der Waals surface area contributed by atoms with Crippen molar-refractivity contribution >= 4 is 5.97 Å². The van der Waals surface area contributed by atoms with Crippen molar-refractivity contribution in [3.8, 4) is 0 Å². The van der Waals surface area contributed by atoms with Crippen LogP contribution in [0, 0.1) is 5.92 Å². The first-order valence-electron chi connectivity index (χ1n) is 7.69. The van der Waals surface area contributed by atoms with Crippen LogP contribution in [0.1, 0.15) is 37.8 Å². The zero-order valence-corrected chi connectivity index (χ0v) is 12.6. The molecule has 1 aromatic rings. The molecule has 2 aliphatic rings. The van der Waals surface area contributed by atoms with E-state index in [0.717, 1.165) is 12.8 Å². The summed E-state index contributed by atoms with van der Waals surface area (Å²) in [6, 6.07) is 11.1. The van der Waals surface area contributed by atoms with E-state index < -0.39 is 0 Å². The Kier molecular flexibility index (Phi) is 4.00. The number of hydrogen-bond acceptors (Lipinski definition) is 4. The van der Waals surface area contributed by atoms with Gasteiger partial charge in [0.25, 0.3) is 0 Å². The number of piperidine rings is 1. The molecule has 1 aliphatic carbocycles. The summed E-state index contributed by atoms with van der Waals surface area (Å²) < 4.78 is 4.84. The quantitative estimate of drug-likeness (QED) is 0.863. The molecule has 3 rings (SSSR count). The number of rotatable bonds is 4. The molecule has 1 saturated carbocycles. The number of esters is 1. The number of aliphatic hydroxyl groups is 1. The van der Waals surface area contributed by atoms with E-state index in [9.17, 15) is 9.90 Å². The molecule has 1 heterocycles. The number of benzene rings is 1. The Hall–Kier alpha value is -1.39. The lowest BCUT2D eigenvalue weighted by Gasteiger charge is -2.41. The van der Waals surface area contributed by atoms with E-state index in [1.54, 1.807) is 0 Å². The van der Waals surface area contributed by atoms with Gasteiger partial charge in [-0.15, -0.1) is 0 Å². The van der Waals surface area contributed by atoms with Crippen molar-refractivity contribution in [3.63, 3.8) is 0 Å². The summed E-state index contributed by atoms with van der Waals surface area (Å²) in [5.41, 5.74) is 1.26. The maximum Gasteiger partial charge on any atom is 0.307 e. The third kappa shape index (κ3) is 2.58. The lowest BCUT2D eigenvalue weighted by molar-refractivity contribution is -0.143. The topological polar surface area (TPSA) is 49.8 Å². The van der Waals surface area contributed by atoms with E-state index in [-0.39, 0.29) is 30.1 Å². The molecule has 5 atom stereocenters. The first-order chi connectivity index (χ1) is 10.1. The van der Waals surface area contributed by atoms with Gasteiger partial charge in [0.05, 0.1) is 19.6 Å². The van der Waals surface area contributed by atoms with E-state index in [2.05, 4.69) is 24.0 Å². The fourth-order valence-electron chi connectivity index (χ4n) is 4.19. The Morgan fingerprint density at radius 1 is 1.38 bits per heavy atom. The standard InChI is InChI=1S/C17H23NO3/c1-11(12-6-4-3-5-7-12)18-13-8-14(16(19)9-13)15(18)10-17(20)21-2/h3-7,11,13-16,19H,8-10H2,1-2H3/t11-,13?,14?,15?,16?/m0/s1. The van der Waals surface area contributed by atoms with Crippen LogP contribution < -0.4 is 0 Å². The highest BCUT2D eigenvalue weighted by molar-refractivity contribution is 5.70. The molecule has 1 saturated heterocycles. The van der Waals surface area contributed by atoms with Gasteiger partial charge in [-0.3, -0.25) is 9.69 Å². The van der Waals surface area contributed by atoms with Gasteiger partial charge < -0.3 is 9.84 Å². The number of likely N-dealkylation sites (tertiary alicyclic amines) is 1. The van der Waals surface area contributed by atoms with E-state index in [4.69, 9.17) is 4.74 Å². The molecule has 114 valence electrons. The van der Waals surface area contributed by atoms with Crippen LogP contribution in [-0.2, 0) is 9.53 Å². The van der Waals surface area contributed by atoms with E-state index in [1.165, 1.54) is 12.7 Å². The molecule has 4 heteroatoms. The predicted octanol–water partition coefficient (Wildman–Crippen LogP) is 2.13. The number of nitrogens with zero attached hydrogens (tertiary/aromatic N) is 1. The average Bonchev–Trinajstić information content (AvgIpc) is 3.04. The minimum atomic E-state index is -0.274. The van der Waals surface area contributed by atoms with Crippen LogP contribution in [0.4, 0.5) is 0 Å². The number of hydrogen-bond donors (Lipinski definition) is 1. The highest BCUT2D eigenvalue weighted by Gasteiger charge is 2.52. The Balaban J connectivity index is 1.83. The molecule has 0 spiro atoms. The third-order valence-electron chi connectivity index (χ3n) is 5.18. The van der Waals surface area contributed by atoms with E-state index in [1.807, 2.05) is 18.2 Å². The first-order valence-corrected chi connectivity index (χ1v) is 7.69. The second-order valence-corrected chi connectivity index (χ2v) is 6.24. The van der Waals surface area contributed by atoms with Gasteiger partial charge in [0.2, 0.25) is 0 Å². The minimum absolute atomic E-state index is 0.0846. The summed E-state index contributed by atoms with van der Waals surface area (Å²) in [6.07, 6.45) is 1.90. The Morgan fingerprint density at radius 2 is 2.10 bits per heavy atom. The van der Waals surface area contributed by atoms with Crippen LogP contribution in [0.3, 0.4) is 0 Å². The maximum atomic E-state index is 11.7. The van der Waals surface area contributed by atoms with Crippen LogP contribution in [0.25, 0.3) is 0 Å². The lowest BCUT2D eigenvalue weighted by Crippen LogP contribution is -2.47. The fourth-order valence-corrected chi connectivity index (χ4v) is 4.19. The second kappa shape index (κ2) is 5.78. The summed E-state index contributed by atoms with van der Waals surface area (Å²) in [6.45, 7) is 2.19. The monoisotopic (exact) mass is 289 g/mol. The number of fused-ring (bicyclic) bond motifs is 2. The van der Waals surface area contributed by atoms with Crippen LogP contribution in [0.5, 0.6) is 0 Å². The molecule has 0 amide bonds. The van der Waals surface area contributed by atoms with Gasteiger partial charge in [-0.25, -0.2) is 0 Å². The van der Waals surface area contributed by atoms with Crippen molar-refractivity contribution in [2.75, 3.05) is 7.11 Å². The molecule has 2 bridgehead atoms. The lowest BCUT2D eigenvalue weighted by atomic mass is 9.91. The molecule has 2 fully saturated rings. The van der Waals surface area contributed by atoms with Crippen molar-refractivity contribution in [2.24, 2.45) is 5.92 Å². The van der Waals surface area contributed by atoms with Crippen LogP contribution in [-0.4, -0.2) is 41.3 Å². The van der Waals surface area contributed by atoms with Crippen LogP contribution in [0.2, 0.25) is 0 Å². The second-order valence-electron chi connectivity index (χ2n) is 6.24. The number of ether oxygens (including phenoxy) is 1.